The van der Waals surface area contributed by atoms with Crippen LogP contribution in [0.2, 0.25) is 0 Å². The van der Waals surface area contributed by atoms with E-state index >= 15 is 0 Å². The molecule has 5 nitrogen and oxygen atoms in total. The van der Waals surface area contributed by atoms with Gasteiger partial charge < -0.3 is 24.8 Å². The van der Waals surface area contributed by atoms with E-state index in [0.717, 1.165) is 0 Å². The molecule has 0 radical (unpaired) electrons. The van der Waals surface area contributed by atoms with Gasteiger partial charge in [-0.2, -0.15) is 0 Å². The number of rotatable bonds is 1. The van der Waals surface area contributed by atoms with Crippen LogP contribution in [0.1, 0.15) is 6.92 Å². The molecule has 0 unspecified atom stereocenters. The van der Waals surface area contributed by atoms with Crippen LogP contribution in [0.4, 0.5) is 0 Å². The predicted octanol–water partition coefficient (Wildman–Crippen LogP) is -1.54. The number of methoxy groups -OCH3 is 1. The smallest absolute Gasteiger partial charge is 0.186 e. The van der Waals surface area contributed by atoms with Crippen LogP contribution in [0.5, 0.6) is 0 Å². The fourth-order valence-electron chi connectivity index (χ4n) is 1.21. The van der Waals surface area contributed by atoms with Gasteiger partial charge in [-0.3, -0.25) is 0 Å². The van der Waals surface area contributed by atoms with Gasteiger partial charge in [0.2, 0.25) is 0 Å². The Morgan fingerprint density at radius 2 is 1.67 bits per heavy atom. The molecule has 5 atom stereocenters. The maximum absolute atomic E-state index is 9.27. The zero-order chi connectivity index (χ0) is 9.30. The average Bonchev–Trinajstić information content (AvgIpc) is 2.08. The van der Waals surface area contributed by atoms with Crippen molar-refractivity contribution in [2.75, 3.05) is 7.11 Å². The summed E-state index contributed by atoms with van der Waals surface area (Å²) in [5.41, 5.74) is 0. The second kappa shape index (κ2) is 3.68. The van der Waals surface area contributed by atoms with Gasteiger partial charge in [-0.15, -0.1) is 0 Å². The van der Waals surface area contributed by atoms with Gasteiger partial charge >= 0.3 is 0 Å². The van der Waals surface area contributed by atoms with Gasteiger partial charge in [-0.1, -0.05) is 0 Å². The van der Waals surface area contributed by atoms with Crippen LogP contribution >= 0.6 is 0 Å². The van der Waals surface area contributed by atoms with Gasteiger partial charge in [0, 0.05) is 7.11 Å². The number of hydrogen-bond acceptors (Lipinski definition) is 5. The van der Waals surface area contributed by atoms with Crippen molar-refractivity contribution < 1.29 is 24.8 Å². The summed E-state index contributed by atoms with van der Waals surface area (Å²) in [4.78, 5) is 0. The molecule has 1 fully saturated rings. The summed E-state index contributed by atoms with van der Waals surface area (Å²) in [5.74, 6) is 0. The highest BCUT2D eigenvalue weighted by molar-refractivity contribution is 4.86. The maximum atomic E-state index is 9.27. The van der Waals surface area contributed by atoms with Crippen LogP contribution in [-0.2, 0) is 9.47 Å². The van der Waals surface area contributed by atoms with E-state index in [1.807, 2.05) is 0 Å². The Morgan fingerprint density at radius 1 is 1.08 bits per heavy atom. The van der Waals surface area contributed by atoms with E-state index in [-0.39, 0.29) is 0 Å². The Balaban J connectivity index is 2.63. The van der Waals surface area contributed by atoms with E-state index in [1.165, 1.54) is 7.11 Å². The summed E-state index contributed by atoms with van der Waals surface area (Å²) < 4.78 is 9.80. The van der Waals surface area contributed by atoms with Crippen molar-refractivity contribution in [2.24, 2.45) is 0 Å². The van der Waals surface area contributed by atoms with Crippen LogP contribution in [0.15, 0.2) is 0 Å². The normalized spacial score (nSPS) is 49.2. The largest absolute Gasteiger partial charge is 0.388 e. The number of ether oxygens (including phenoxy) is 2. The quantitative estimate of drug-likeness (QED) is 0.453. The van der Waals surface area contributed by atoms with Crippen molar-refractivity contribution >= 4 is 0 Å². The maximum Gasteiger partial charge on any atom is 0.186 e. The second-order valence-electron chi connectivity index (χ2n) is 2.92. The van der Waals surface area contributed by atoms with E-state index in [0.29, 0.717) is 0 Å². The van der Waals surface area contributed by atoms with Crippen LogP contribution in [-0.4, -0.2) is 53.1 Å². The zero-order valence-corrected chi connectivity index (χ0v) is 7.04. The van der Waals surface area contributed by atoms with Crippen molar-refractivity contribution in [1.82, 2.24) is 0 Å². The average molecular weight is 178 g/mol. The van der Waals surface area contributed by atoms with Crippen molar-refractivity contribution in [1.29, 1.82) is 0 Å². The number of aliphatic hydroxyl groups excluding tert-OH is 3. The Hall–Kier alpha value is -0.200. The molecule has 72 valence electrons. The first-order valence-corrected chi connectivity index (χ1v) is 3.80. The molecule has 1 aliphatic heterocycles. The molecule has 0 bridgehead atoms. The number of hydrogen-bond donors (Lipinski definition) is 3. The Bertz CT molecular complexity index is 146. The predicted molar refractivity (Wildman–Crippen MR) is 39.4 cm³/mol. The molecule has 0 saturated carbocycles. The van der Waals surface area contributed by atoms with Gasteiger partial charge in [0.05, 0.1) is 6.10 Å². The third-order valence-corrected chi connectivity index (χ3v) is 2.04. The van der Waals surface area contributed by atoms with Gasteiger partial charge in [0.25, 0.3) is 0 Å². The third kappa shape index (κ3) is 1.60. The summed E-state index contributed by atoms with van der Waals surface area (Å²) in [6.07, 6.45) is -4.86. The lowest BCUT2D eigenvalue weighted by atomic mass is 10.0. The minimum absolute atomic E-state index is 0.534. The topological polar surface area (TPSA) is 79.2 Å². The summed E-state index contributed by atoms with van der Waals surface area (Å²) in [6.45, 7) is 1.60. The fraction of sp³-hybridized carbons (Fsp3) is 1.00. The van der Waals surface area contributed by atoms with E-state index < -0.39 is 30.7 Å². The van der Waals surface area contributed by atoms with Crippen LogP contribution in [0, 0.1) is 0 Å². The molecule has 0 aromatic heterocycles. The summed E-state index contributed by atoms with van der Waals surface area (Å²) in [6, 6.07) is 0. The lowest BCUT2D eigenvalue weighted by molar-refractivity contribution is -0.286. The lowest BCUT2D eigenvalue weighted by Gasteiger charge is -2.38. The molecule has 1 aliphatic rings. The first-order valence-electron chi connectivity index (χ1n) is 3.80. The molecule has 0 aromatic carbocycles. The highest BCUT2D eigenvalue weighted by atomic mass is 16.7. The van der Waals surface area contributed by atoms with Crippen molar-refractivity contribution in [3.8, 4) is 0 Å². The van der Waals surface area contributed by atoms with Crippen molar-refractivity contribution in [2.45, 2.75) is 37.6 Å². The molecule has 0 aromatic rings. The van der Waals surface area contributed by atoms with Crippen LogP contribution in [0.25, 0.3) is 0 Å². The highest BCUT2D eigenvalue weighted by Gasteiger charge is 2.41. The van der Waals surface area contributed by atoms with E-state index in [9.17, 15) is 15.3 Å². The monoisotopic (exact) mass is 178 g/mol. The molecule has 0 amide bonds. The molecule has 0 spiro atoms. The van der Waals surface area contributed by atoms with Gasteiger partial charge in [-0.05, 0) is 6.92 Å². The molecular weight excluding hydrogens is 164 g/mol. The highest BCUT2D eigenvalue weighted by Crippen LogP contribution is 2.20. The molecule has 5 heteroatoms. The fourth-order valence-corrected chi connectivity index (χ4v) is 1.21. The minimum atomic E-state index is -1.21. The minimum Gasteiger partial charge on any atom is -0.388 e. The lowest BCUT2D eigenvalue weighted by Crippen LogP contribution is -2.57. The van der Waals surface area contributed by atoms with Gasteiger partial charge in [0.1, 0.15) is 18.3 Å². The Morgan fingerprint density at radius 3 is 2.17 bits per heavy atom. The van der Waals surface area contributed by atoms with Gasteiger partial charge in [0.15, 0.2) is 6.29 Å². The Labute approximate surface area is 70.5 Å². The SMILES string of the molecule is CO[C@@H]1O[C@H](C)[C@H](O)[C@@H](O)[C@H]1O. The van der Waals surface area contributed by atoms with E-state index in [4.69, 9.17) is 9.47 Å². The zero-order valence-electron chi connectivity index (χ0n) is 7.04. The summed E-state index contributed by atoms with van der Waals surface area (Å²) >= 11 is 0. The molecule has 0 aliphatic carbocycles. The van der Waals surface area contributed by atoms with E-state index in [1.54, 1.807) is 6.92 Å². The van der Waals surface area contributed by atoms with Gasteiger partial charge in [-0.25, -0.2) is 0 Å². The van der Waals surface area contributed by atoms with Crippen molar-refractivity contribution in [3.05, 3.63) is 0 Å². The Kier molecular flexibility index (Phi) is 3.03. The van der Waals surface area contributed by atoms with Crippen molar-refractivity contribution in [3.63, 3.8) is 0 Å². The van der Waals surface area contributed by atoms with Crippen LogP contribution < -0.4 is 0 Å². The number of aliphatic hydroxyl groups is 3. The molecule has 12 heavy (non-hydrogen) atoms. The first-order chi connectivity index (χ1) is 5.57. The molecule has 3 N–H and O–H groups in total. The molecule has 1 rings (SSSR count). The first kappa shape index (κ1) is 9.88. The van der Waals surface area contributed by atoms with Crippen LogP contribution in [0.3, 0.4) is 0 Å². The summed E-state index contributed by atoms with van der Waals surface area (Å²) in [7, 11) is 1.37. The third-order valence-electron chi connectivity index (χ3n) is 2.04. The molecule has 1 heterocycles. The molecule has 1 saturated heterocycles. The second-order valence-corrected chi connectivity index (χ2v) is 2.92. The standard InChI is InChI=1S/C7H14O5/c1-3-4(8)5(9)6(10)7(11-2)12-3/h3-10H,1-2H3/t3-,4+,5-,6-,7-/m1/s1. The summed E-state index contributed by atoms with van der Waals surface area (Å²) in [5, 5.41) is 27.8. The van der Waals surface area contributed by atoms with E-state index in [2.05, 4.69) is 0 Å². The molecular formula is C7H14O5.